The Labute approximate surface area is 204 Å². The van der Waals surface area contributed by atoms with E-state index in [-0.39, 0.29) is 5.91 Å². The molecule has 0 fully saturated rings. The van der Waals surface area contributed by atoms with Gasteiger partial charge in [0.2, 0.25) is 0 Å². The number of rotatable bonds is 4. The molecular weight excluding hydrogens is 456 g/mol. The van der Waals surface area contributed by atoms with Crippen molar-refractivity contribution in [1.82, 2.24) is 4.98 Å². The predicted molar refractivity (Wildman–Crippen MR) is 141 cm³/mol. The maximum Gasteiger partial charge on any atom is 0.344 e. The van der Waals surface area contributed by atoms with E-state index in [4.69, 9.17) is 4.42 Å². The molecule has 0 saturated carbocycles. The zero-order valence-electron chi connectivity index (χ0n) is 18.4. The molecule has 0 unspecified atom stereocenters. The first-order chi connectivity index (χ1) is 17.1. The van der Waals surface area contributed by atoms with Crippen molar-refractivity contribution in [2.75, 3.05) is 5.32 Å². The Balaban J connectivity index is 1.26. The van der Waals surface area contributed by atoms with Crippen LogP contribution in [0.3, 0.4) is 0 Å². The monoisotopic (exact) mass is 474 g/mol. The van der Waals surface area contributed by atoms with Gasteiger partial charge in [-0.15, -0.1) is 11.3 Å². The van der Waals surface area contributed by atoms with Crippen LogP contribution in [0.2, 0.25) is 0 Å². The molecule has 6 rings (SSSR count). The Hall–Kier alpha value is -4.55. The smallest absolute Gasteiger partial charge is 0.344 e. The summed E-state index contributed by atoms with van der Waals surface area (Å²) in [7, 11) is 0. The number of nitrogens with zero attached hydrogens (tertiary/aromatic N) is 1. The molecule has 0 aliphatic carbocycles. The van der Waals surface area contributed by atoms with E-state index >= 15 is 0 Å². The van der Waals surface area contributed by atoms with Gasteiger partial charge in [0.15, 0.2) is 5.13 Å². The standard InChI is InChI=1S/C29H18N2O3S/c32-27(31-29-30-25(17-35-29)21-13-12-18-6-1-2-7-19(18)14-21)23-10-5-9-20(15-23)24-16-22-8-3-4-11-26(22)34-28(24)33/h1-17H,(H,30,31,32). The van der Waals surface area contributed by atoms with Gasteiger partial charge in [-0.3, -0.25) is 10.1 Å². The van der Waals surface area contributed by atoms with E-state index in [1.54, 1.807) is 36.4 Å². The molecule has 1 N–H and O–H groups in total. The second-order valence-corrected chi connectivity index (χ2v) is 8.98. The number of anilines is 1. The molecule has 35 heavy (non-hydrogen) atoms. The third-order valence-corrected chi connectivity index (χ3v) is 6.60. The average Bonchev–Trinajstić information content (AvgIpc) is 3.36. The van der Waals surface area contributed by atoms with Crippen LogP contribution in [-0.2, 0) is 0 Å². The third-order valence-electron chi connectivity index (χ3n) is 5.85. The highest BCUT2D eigenvalue weighted by atomic mass is 32.1. The summed E-state index contributed by atoms with van der Waals surface area (Å²) >= 11 is 1.37. The zero-order chi connectivity index (χ0) is 23.8. The van der Waals surface area contributed by atoms with Gasteiger partial charge in [-0.05, 0) is 46.7 Å². The lowest BCUT2D eigenvalue weighted by molar-refractivity contribution is 0.102. The molecule has 0 spiro atoms. The number of para-hydroxylation sites is 1. The number of fused-ring (bicyclic) bond motifs is 2. The predicted octanol–water partition coefficient (Wildman–Crippen LogP) is 6.99. The number of carbonyl (C=O) groups excluding carboxylic acids is 1. The van der Waals surface area contributed by atoms with Crippen LogP contribution in [0.5, 0.6) is 0 Å². The van der Waals surface area contributed by atoms with Crippen molar-refractivity contribution in [2.45, 2.75) is 0 Å². The summed E-state index contributed by atoms with van der Waals surface area (Å²) in [5.41, 5.74) is 3.34. The van der Waals surface area contributed by atoms with Gasteiger partial charge in [0.05, 0.1) is 11.3 Å². The SMILES string of the molecule is O=C(Nc1nc(-c2ccc3ccccc3c2)cs1)c1cccc(-c2cc3ccccc3oc2=O)c1. The Kier molecular flexibility index (Phi) is 5.20. The molecule has 0 radical (unpaired) electrons. The van der Waals surface area contributed by atoms with Gasteiger partial charge in [-0.2, -0.15) is 0 Å². The number of amides is 1. The highest BCUT2D eigenvalue weighted by Gasteiger charge is 2.13. The first-order valence-corrected chi connectivity index (χ1v) is 11.9. The van der Waals surface area contributed by atoms with Crippen molar-refractivity contribution in [3.05, 3.63) is 118 Å². The first kappa shape index (κ1) is 21.0. The van der Waals surface area contributed by atoms with Crippen LogP contribution in [0.25, 0.3) is 44.1 Å². The van der Waals surface area contributed by atoms with E-state index in [1.807, 2.05) is 41.8 Å². The van der Waals surface area contributed by atoms with Crippen molar-refractivity contribution >= 4 is 44.1 Å². The van der Waals surface area contributed by atoms with Gasteiger partial charge in [0, 0.05) is 21.9 Å². The molecule has 0 aliphatic heterocycles. The lowest BCUT2D eigenvalue weighted by Crippen LogP contribution is -2.12. The molecule has 6 heteroatoms. The molecule has 168 valence electrons. The normalized spacial score (nSPS) is 11.1. The van der Waals surface area contributed by atoms with Crippen molar-refractivity contribution in [2.24, 2.45) is 0 Å². The fraction of sp³-hybridized carbons (Fsp3) is 0. The van der Waals surface area contributed by atoms with E-state index in [2.05, 4.69) is 34.6 Å². The van der Waals surface area contributed by atoms with E-state index < -0.39 is 5.63 Å². The van der Waals surface area contributed by atoms with Gasteiger partial charge in [0.25, 0.3) is 5.91 Å². The zero-order valence-corrected chi connectivity index (χ0v) is 19.2. The second kappa shape index (κ2) is 8.66. The number of aromatic nitrogens is 1. The largest absolute Gasteiger partial charge is 0.422 e. The number of nitrogens with one attached hydrogen (secondary N) is 1. The van der Waals surface area contributed by atoms with Gasteiger partial charge < -0.3 is 4.42 Å². The van der Waals surface area contributed by atoms with Crippen LogP contribution in [-0.4, -0.2) is 10.9 Å². The lowest BCUT2D eigenvalue weighted by Gasteiger charge is -2.06. The fourth-order valence-corrected chi connectivity index (χ4v) is 4.79. The van der Waals surface area contributed by atoms with Gasteiger partial charge >= 0.3 is 5.63 Å². The lowest BCUT2D eigenvalue weighted by atomic mass is 10.0. The Morgan fingerprint density at radius 3 is 2.46 bits per heavy atom. The fourth-order valence-electron chi connectivity index (χ4n) is 4.07. The van der Waals surface area contributed by atoms with E-state index in [9.17, 15) is 9.59 Å². The quantitative estimate of drug-likeness (QED) is 0.280. The molecule has 2 aromatic heterocycles. The van der Waals surface area contributed by atoms with Gasteiger partial charge in [-0.25, -0.2) is 9.78 Å². The van der Waals surface area contributed by atoms with Crippen LogP contribution in [0.15, 0.2) is 112 Å². The molecule has 4 aromatic carbocycles. The molecule has 2 heterocycles. The Morgan fingerprint density at radius 2 is 1.57 bits per heavy atom. The molecule has 6 aromatic rings. The highest BCUT2D eigenvalue weighted by Crippen LogP contribution is 2.28. The van der Waals surface area contributed by atoms with Crippen LogP contribution in [0, 0.1) is 0 Å². The molecule has 5 nitrogen and oxygen atoms in total. The van der Waals surface area contributed by atoms with Gasteiger partial charge in [0.1, 0.15) is 5.58 Å². The van der Waals surface area contributed by atoms with Gasteiger partial charge in [-0.1, -0.05) is 66.7 Å². The van der Waals surface area contributed by atoms with Crippen LogP contribution in [0.1, 0.15) is 10.4 Å². The van der Waals surface area contributed by atoms with Crippen LogP contribution >= 0.6 is 11.3 Å². The van der Waals surface area contributed by atoms with Crippen molar-refractivity contribution in [3.63, 3.8) is 0 Å². The van der Waals surface area contributed by atoms with Crippen LogP contribution in [0.4, 0.5) is 5.13 Å². The second-order valence-electron chi connectivity index (χ2n) is 8.12. The Morgan fingerprint density at radius 1 is 0.771 bits per heavy atom. The first-order valence-electron chi connectivity index (χ1n) is 11.0. The van der Waals surface area contributed by atoms with Crippen LogP contribution < -0.4 is 10.9 Å². The molecular formula is C29H18N2O3S. The molecule has 0 bridgehead atoms. The molecule has 1 amide bonds. The minimum atomic E-state index is -0.443. The number of hydrogen-bond donors (Lipinski definition) is 1. The molecule has 0 saturated heterocycles. The third kappa shape index (κ3) is 4.11. The molecule has 0 atom stereocenters. The van der Waals surface area contributed by atoms with E-state index in [0.29, 0.717) is 27.4 Å². The number of thiazole rings is 1. The number of hydrogen-bond acceptors (Lipinski definition) is 5. The number of carbonyl (C=O) groups is 1. The average molecular weight is 475 g/mol. The Bertz CT molecular complexity index is 1780. The summed E-state index contributed by atoms with van der Waals surface area (Å²) in [6.45, 7) is 0. The minimum absolute atomic E-state index is 0.295. The van der Waals surface area contributed by atoms with Crippen molar-refractivity contribution < 1.29 is 9.21 Å². The maximum atomic E-state index is 13.0. The van der Waals surface area contributed by atoms with E-state index in [0.717, 1.165) is 22.0 Å². The highest BCUT2D eigenvalue weighted by molar-refractivity contribution is 7.14. The minimum Gasteiger partial charge on any atom is -0.422 e. The van der Waals surface area contributed by atoms with Crippen molar-refractivity contribution in [3.8, 4) is 22.4 Å². The van der Waals surface area contributed by atoms with Crippen molar-refractivity contribution in [1.29, 1.82) is 0 Å². The summed E-state index contributed by atoms with van der Waals surface area (Å²) in [4.78, 5) is 30.1. The number of benzene rings is 4. The summed E-state index contributed by atoms with van der Waals surface area (Å²) in [6, 6.07) is 30.4. The summed E-state index contributed by atoms with van der Waals surface area (Å²) < 4.78 is 5.45. The molecule has 0 aliphatic rings. The summed E-state index contributed by atoms with van der Waals surface area (Å²) in [6.07, 6.45) is 0. The summed E-state index contributed by atoms with van der Waals surface area (Å²) in [5, 5.41) is 8.44. The maximum absolute atomic E-state index is 13.0. The van der Waals surface area contributed by atoms with E-state index in [1.165, 1.54) is 16.7 Å². The topological polar surface area (TPSA) is 72.2 Å². The summed E-state index contributed by atoms with van der Waals surface area (Å²) in [5.74, 6) is -0.295.